The lowest BCUT2D eigenvalue weighted by Crippen LogP contribution is -2.61. The quantitative estimate of drug-likeness (QED) is 0.0195. The molecular weight excluding hydrogens is 1070 g/mol. The van der Waals surface area contributed by atoms with E-state index >= 15 is 0 Å². The summed E-state index contributed by atoms with van der Waals surface area (Å²) in [7, 11) is 0. The summed E-state index contributed by atoms with van der Waals surface area (Å²) in [6.45, 7) is 5.84. The molecule has 8 unspecified atom stereocenters. The molecule has 86 heavy (non-hydrogen) atoms. The summed E-state index contributed by atoms with van der Waals surface area (Å²) >= 11 is 0. The van der Waals surface area contributed by atoms with E-state index in [1.54, 1.807) is 6.08 Å². The predicted octanol–water partition coefficient (Wildman–Crippen LogP) is 19.4. The van der Waals surface area contributed by atoms with Crippen molar-refractivity contribution >= 4 is 11.9 Å². The van der Waals surface area contributed by atoms with Crippen LogP contribution >= 0.6 is 0 Å². The van der Waals surface area contributed by atoms with E-state index in [-0.39, 0.29) is 13.0 Å². The van der Waals surface area contributed by atoms with Crippen LogP contribution in [0.1, 0.15) is 367 Å². The highest BCUT2D eigenvalue weighted by Gasteiger charge is 2.47. The zero-order valence-corrected chi connectivity index (χ0v) is 56.5. The monoisotopic (exact) mass is 1220 g/mol. The SMILES string of the molecule is CCCCCCCC/C=C/CCCCCCCCCCCCCCCCCC(=O)OC1C(OCC(NC(=O)C(O)CCCCCCCCCCCC/C=C/CCCCCCCC)C(O)/C=C/CCCCCCCCCCCC)OC(CO)C(O)C1O. The van der Waals surface area contributed by atoms with Crippen LogP contribution < -0.4 is 5.32 Å². The van der Waals surface area contributed by atoms with Crippen molar-refractivity contribution in [1.29, 1.82) is 0 Å². The summed E-state index contributed by atoms with van der Waals surface area (Å²) < 4.78 is 17.7. The van der Waals surface area contributed by atoms with Crippen molar-refractivity contribution in [2.45, 2.75) is 416 Å². The van der Waals surface area contributed by atoms with Crippen LogP contribution in [0.2, 0.25) is 0 Å². The van der Waals surface area contributed by atoms with Gasteiger partial charge in [0.05, 0.1) is 25.4 Å². The van der Waals surface area contributed by atoms with Gasteiger partial charge in [0.25, 0.3) is 0 Å². The van der Waals surface area contributed by atoms with Crippen LogP contribution in [0.25, 0.3) is 0 Å². The number of allylic oxidation sites excluding steroid dienone is 5. The number of unbranched alkanes of at least 4 members (excludes halogenated alkanes) is 47. The molecule has 1 heterocycles. The Labute approximate surface area is 530 Å². The van der Waals surface area contributed by atoms with Gasteiger partial charge in [-0.15, -0.1) is 0 Å². The second-order valence-corrected chi connectivity index (χ2v) is 26.0. The van der Waals surface area contributed by atoms with E-state index in [1.165, 1.54) is 263 Å². The minimum Gasteiger partial charge on any atom is -0.454 e. The van der Waals surface area contributed by atoms with Crippen molar-refractivity contribution in [1.82, 2.24) is 5.32 Å². The summed E-state index contributed by atoms with van der Waals surface area (Å²) in [5, 5.41) is 57.3. The molecule has 0 radical (unpaired) electrons. The Morgan fingerprint density at radius 2 is 0.767 bits per heavy atom. The molecule has 1 fully saturated rings. The molecule has 506 valence electrons. The summed E-state index contributed by atoms with van der Waals surface area (Å²) in [6.07, 6.45) is 67.6. The van der Waals surface area contributed by atoms with Gasteiger partial charge >= 0.3 is 5.97 Å². The van der Waals surface area contributed by atoms with Gasteiger partial charge in [0.15, 0.2) is 12.4 Å². The molecule has 11 nitrogen and oxygen atoms in total. The number of rotatable bonds is 65. The van der Waals surface area contributed by atoms with Crippen LogP contribution in [-0.2, 0) is 23.8 Å². The van der Waals surface area contributed by atoms with Crippen LogP contribution in [-0.4, -0.2) is 99.6 Å². The molecule has 1 saturated heterocycles. The zero-order valence-electron chi connectivity index (χ0n) is 56.5. The van der Waals surface area contributed by atoms with Gasteiger partial charge < -0.3 is 45.1 Å². The third-order valence-electron chi connectivity index (χ3n) is 17.8. The normalized spacial score (nSPS) is 18.4. The van der Waals surface area contributed by atoms with Gasteiger partial charge in [0, 0.05) is 6.42 Å². The summed E-state index contributed by atoms with van der Waals surface area (Å²) in [6, 6.07) is -1.02. The minimum absolute atomic E-state index is 0.128. The van der Waals surface area contributed by atoms with Crippen LogP contribution in [0.5, 0.6) is 0 Å². The van der Waals surface area contributed by atoms with Gasteiger partial charge in [-0.1, -0.05) is 320 Å². The molecule has 0 saturated carbocycles. The first-order valence-electron chi connectivity index (χ1n) is 37.3. The van der Waals surface area contributed by atoms with Gasteiger partial charge in [-0.3, -0.25) is 9.59 Å². The van der Waals surface area contributed by atoms with Crippen LogP contribution in [0.15, 0.2) is 36.5 Å². The third kappa shape index (κ3) is 49.6. The summed E-state index contributed by atoms with van der Waals surface area (Å²) in [5.41, 5.74) is 0. The Balaban J connectivity index is 2.53. The number of carbonyl (C=O) groups excluding carboxylic acids is 2. The number of aliphatic hydroxyl groups is 5. The van der Waals surface area contributed by atoms with E-state index in [0.717, 1.165) is 57.8 Å². The minimum atomic E-state index is -1.61. The number of hydrogen-bond donors (Lipinski definition) is 6. The van der Waals surface area contributed by atoms with Crippen LogP contribution in [0.4, 0.5) is 0 Å². The van der Waals surface area contributed by atoms with Gasteiger partial charge in [-0.25, -0.2) is 0 Å². The van der Waals surface area contributed by atoms with Crippen molar-refractivity contribution < 1.29 is 49.3 Å². The second kappa shape index (κ2) is 63.0. The zero-order chi connectivity index (χ0) is 62.4. The van der Waals surface area contributed by atoms with Crippen LogP contribution in [0, 0.1) is 0 Å². The molecule has 11 heteroatoms. The molecule has 8 atom stereocenters. The average molecular weight is 1220 g/mol. The molecule has 0 aromatic rings. The Morgan fingerprint density at radius 1 is 0.442 bits per heavy atom. The number of amides is 1. The molecule has 1 amide bonds. The second-order valence-electron chi connectivity index (χ2n) is 26.0. The van der Waals surface area contributed by atoms with E-state index in [9.17, 15) is 35.1 Å². The standard InChI is InChI=1S/C75H141NO10/c1-4-7-10-13-16-19-22-25-27-29-31-33-34-35-36-37-39-41-43-45-48-51-54-57-60-63-70(80)86-73-72(82)71(81)69(64-77)85-75(73)84-65-66(67(78)61-58-55-52-49-46-24-21-18-15-12-9-6-3)76-74(83)68(79)62-59-56-53-50-47-44-42-40-38-32-30-28-26-23-20-17-14-11-8-5-2/h25-28,58,61,66-69,71-73,75,77-79,81-82H,4-24,29-57,59-60,62-65H2,1-3H3,(H,76,83)/b27-25+,28-26+,61-58+. The predicted molar refractivity (Wildman–Crippen MR) is 361 cm³/mol. The molecule has 0 aromatic carbocycles. The van der Waals surface area contributed by atoms with Gasteiger partial charge in [-0.05, 0) is 77.0 Å². The number of ether oxygens (including phenoxy) is 3. The lowest BCUT2D eigenvalue weighted by atomic mass is 9.99. The maximum absolute atomic E-state index is 13.5. The molecule has 1 aliphatic rings. The summed E-state index contributed by atoms with van der Waals surface area (Å²) in [5.74, 6) is -1.18. The third-order valence-corrected chi connectivity index (χ3v) is 17.8. The molecule has 0 bridgehead atoms. The average Bonchev–Trinajstić information content (AvgIpc) is 3.39. The fourth-order valence-electron chi connectivity index (χ4n) is 11.9. The molecule has 0 aromatic heterocycles. The van der Waals surface area contributed by atoms with Crippen molar-refractivity contribution in [2.24, 2.45) is 0 Å². The summed E-state index contributed by atoms with van der Waals surface area (Å²) in [4.78, 5) is 26.7. The number of carbonyl (C=O) groups is 2. The fraction of sp³-hybridized carbons (Fsp3) is 0.893. The van der Waals surface area contributed by atoms with Crippen molar-refractivity contribution in [2.75, 3.05) is 13.2 Å². The first-order chi connectivity index (χ1) is 42.2. The number of hydrogen-bond acceptors (Lipinski definition) is 10. The number of aliphatic hydroxyl groups excluding tert-OH is 5. The van der Waals surface area contributed by atoms with Crippen molar-refractivity contribution in [3.8, 4) is 0 Å². The van der Waals surface area contributed by atoms with Gasteiger partial charge in [-0.2, -0.15) is 0 Å². The first kappa shape index (κ1) is 81.9. The fourth-order valence-corrected chi connectivity index (χ4v) is 11.9. The molecular formula is C75H141NO10. The smallest absolute Gasteiger partial charge is 0.306 e. The lowest BCUT2D eigenvalue weighted by Gasteiger charge is -2.41. The molecule has 1 aliphatic heterocycles. The highest BCUT2D eigenvalue weighted by atomic mass is 16.7. The van der Waals surface area contributed by atoms with E-state index in [4.69, 9.17) is 14.2 Å². The molecule has 1 rings (SSSR count). The van der Waals surface area contributed by atoms with E-state index in [0.29, 0.717) is 19.3 Å². The Kier molecular flexibility index (Phi) is 60.0. The van der Waals surface area contributed by atoms with E-state index in [1.807, 2.05) is 6.08 Å². The van der Waals surface area contributed by atoms with E-state index in [2.05, 4.69) is 50.4 Å². The van der Waals surface area contributed by atoms with Crippen LogP contribution in [0.3, 0.4) is 0 Å². The highest BCUT2D eigenvalue weighted by Crippen LogP contribution is 2.27. The number of nitrogens with one attached hydrogen (secondary N) is 1. The number of esters is 1. The van der Waals surface area contributed by atoms with Crippen molar-refractivity contribution in [3.63, 3.8) is 0 Å². The van der Waals surface area contributed by atoms with Gasteiger partial charge in [0.2, 0.25) is 5.91 Å². The topological polar surface area (TPSA) is 175 Å². The molecule has 0 spiro atoms. The maximum Gasteiger partial charge on any atom is 0.306 e. The maximum atomic E-state index is 13.5. The largest absolute Gasteiger partial charge is 0.454 e. The lowest BCUT2D eigenvalue weighted by molar-refractivity contribution is -0.305. The van der Waals surface area contributed by atoms with Gasteiger partial charge in [0.1, 0.15) is 24.4 Å². The van der Waals surface area contributed by atoms with Crippen molar-refractivity contribution in [3.05, 3.63) is 36.5 Å². The highest BCUT2D eigenvalue weighted by molar-refractivity contribution is 5.80. The molecule has 0 aliphatic carbocycles. The first-order valence-corrected chi connectivity index (χ1v) is 37.3. The Bertz CT molecular complexity index is 1540. The Hall–Kier alpha value is -2.12. The van der Waals surface area contributed by atoms with E-state index < -0.39 is 67.4 Å². The molecule has 6 N–H and O–H groups in total. The Morgan fingerprint density at radius 3 is 1.13 bits per heavy atom.